The molecule has 23 heavy (non-hydrogen) atoms. The fraction of sp³-hybridized carbons (Fsp3) is 0.412. The summed E-state index contributed by atoms with van der Waals surface area (Å²) in [4.78, 5) is 21.1. The minimum absolute atomic E-state index is 0.0866. The molecule has 2 aliphatic heterocycles. The van der Waals surface area contributed by atoms with Gasteiger partial charge in [0.25, 0.3) is 0 Å². The largest absolute Gasteiger partial charge is 0.338 e. The van der Waals surface area contributed by atoms with Crippen LogP contribution in [0.25, 0.3) is 0 Å². The Bertz CT molecular complexity index is 706. The molecule has 2 saturated heterocycles. The summed E-state index contributed by atoms with van der Waals surface area (Å²) in [6.45, 7) is 3.87. The van der Waals surface area contributed by atoms with Crippen molar-refractivity contribution in [3.63, 3.8) is 0 Å². The van der Waals surface area contributed by atoms with Gasteiger partial charge < -0.3 is 4.90 Å². The number of carbonyl (C=O) groups excluding carboxylic acids is 1. The number of carbonyl (C=O) groups is 1. The van der Waals surface area contributed by atoms with E-state index < -0.39 is 0 Å². The van der Waals surface area contributed by atoms with Gasteiger partial charge in [-0.3, -0.25) is 9.69 Å². The van der Waals surface area contributed by atoms with Gasteiger partial charge in [0.05, 0.1) is 12.5 Å². The number of aromatic nitrogens is 1. The molecule has 4 nitrogen and oxygen atoms in total. The number of halogens is 1. The molecule has 0 aliphatic carbocycles. The predicted molar refractivity (Wildman–Crippen MR) is 86.2 cm³/mol. The highest BCUT2D eigenvalue weighted by Crippen LogP contribution is 2.33. The number of amides is 1. The van der Waals surface area contributed by atoms with Gasteiger partial charge in [-0.15, -0.1) is 11.3 Å². The fourth-order valence-electron chi connectivity index (χ4n) is 3.68. The maximum atomic E-state index is 13.3. The van der Waals surface area contributed by atoms with Crippen molar-refractivity contribution >= 4 is 17.2 Å². The van der Waals surface area contributed by atoms with Crippen LogP contribution in [0.3, 0.4) is 0 Å². The molecule has 1 amide bonds. The maximum absolute atomic E-state index is 13.3. The van der Waals surface area contributed by atoms with Crippen LogP contribution in [0.1, 0.15) is 10.6 Å². The van der Waals surface area contributed by atoms with E-state index in [4.69, 9.17) is 0 Å². The molecule has 1 aromatic heterocycles. The van der Waals surface area contributed by atoms with Crippen LogP contribution in [0, 0.1) is 17.7 Å². The first-order valence-electron chi connectivity index (χ1n) is 7.83. The third-order valence-electron chi connectivity index (χ3n) is 4.71. The van der Waals surface area contributed by atoms with E-state index in [-0.39, 0.29) is 17.6 Å². The number of hydrogen-bond donors (Lipinski definition) is 0. The van der Waals surface area contributed by atoms with Crippen LogP contribution in [0.5, 0.6) is 0 Å². The molecule has 0 bridgehead atoms. The van der Waals surface area contributed by atoms with Gasteiger partial charge in [-0.1, -0.05) is 12.1 Å². The summed E-state index contributed by atoms with van der Waals surface area (Å²) < 4.78 is 13.3. The van der Waals surface area contributed by atoms with Gasteiger partial charge in [-0.2, -0.15) is 0 Å². The zero-order valence-electron chi connectivity index (χ0n) is 12.7. The number of benzene rings is 1. The Kier molecular flexibility index (Phi) is 3.87. The Morgan fingerprint density at radius 2 is 2.17 bits per heavy atom. The van der Waals surface area contributed by atoms with Gasteiger partial charge in [-0.25, -0.2) is 9.37 Å². The lowest BCUT2D eigenvalue weighted by Gasteiger charge is -2.21. The summed E-state index contributed by atoms with van der Waals surface area (Å²) in [7, 11) is 0. The summed E-state index contributed by atoms with van der Waals surface area (Å²) in [5, 5.41) is 3.09. The second-order valence-electron chi connectivity index (χ2n) is 6.34. The van der Waals surface area contributed by atoms with E-state index in [0.29, 0.717) is 12.5 Å². The zero-order valence-corrected chi connectivity index (χ0v) is 13.5. The average molecular weight is 331 g/mol. The second-order valence-corrected chi connectivity index (χ2v) is 7.31. The lowest BCUT2D eigenvalue weighted by Crippen LogP contribution is -2.32. The van der Waals surface area contributed by atoms with Crippen molar-refractivity contribution in [1.82, 2.24) is 14.8 Å². The van der Waals surface area contributed by atoms with Crippen molar-refractivity contribution in [2.24, 2.45) is 11.8 Å². The molecule has 1 aromatic carbocycles. The second kappa shape index (κ2) is 6.02. The van der Waals surface area contributed by atoms with E-state index in [1.807, 2.05) is 22.5 Å². The fourth-order valence-corrected chi connectivity index (χ4v) is 4.34. The van der Waals surface area contributed by atoms with Crippen LogP contribution in [0.4, 0.5) is 4.39 Å². The standard InChI is InChI=1S/C17H18FN3OS/c18-14-3-1-2-12(6-14)7-21-9-13-8-20(10-15(13)17(21)22)11-16-19-4-5-23-16/h1-6,13,15H,7-11H2/t13-,15-/m0/s1. The first kappa shape index (κ1) is 14.8. The minimum Gasteiger partial charge on any atom is -0.338 e. The molecule has 4 rings (SSSR count). The van der Waals surface area contributed by atoms with Crippen molar-refractivity contribution in [3.8, 4) is 0 Å². The van der Waals surface area contributed by atoms with E-state index in [1.165, 1.54) is 12.1 Å². The third kappa shape index (κ3) is 3.01. The van der Waals surface area contributed by atoms with Crippen molar-refractivity contribution in [2.45, 2.75) is 13.1 Å². The van der Waals surface area contributed by atoms with Crippen LogP contribution in [-0.4, -0.2) is 40.3 Å². The number of hydrogen-bond acceptors (Lipinski definition) is 4. The van der Waals surface area contributed by atoms with Gasteiger partial charge in [0.1, 0.15) is 10.8 Å². The summed E-state index contributed by atoms with van der Waals surface area (Å²) >= 11 is 1.66. The summed E-state index contributed by atoms with van der Waals surface area (Å²) in [6, 6.07) is 6.51. The molecule has 0 spiro atoms. The highest BCUT2D eigenvalue weighted by Gasteiger charge is 2.45. The Morgan fingerprint density at radius 3 is 2.91 bits per heavy atom. The summed E-state index contributed by atoms with van der Waals surface area (Å²) in [5.41, 5.74) is 0.859. The quantitative estimate of drug-likeness (QED) is 0.863. The van der Waals surface area contributed by atoms with Crippen molar-refractivity contribution < 1.29 is 9.18 Å². The lowest BCUT2D eigenvalue weighted by molar-refractivity contribution is -0.131. The molecule has 3 heterocycles. The van der Waals surface area contributed by atoms with E-state index in [1.54, 1.807) is 17.4 Å². The Morgan fingerprint density at radius 1 is 1.26 bits per heavy atom. The molecule has 120 valence electrons. The lowest BCUT2D eigenvalue weighted by atomic mass is 10.0. The monoisotopic (exact) mass is 331 g/mol. The predicted octanol–water partition coefficient (Wildman–Crippen LogP) is 2.37. The van der Waals surface area contributed by atoms with Gasteiger partial charge >= 0.3 is 0 Å². The Labute approximate surface area is 138 Å². The number of thiazole rings is 1. The van der Waals surface area contributed by atoms with Crippen LogP contribution < -0.4 is 0 Å². The first-order valence-corrected chi connectivity index (χ1v) is 8.71. The van der Waals surface area contributed by atoms with E-state index in [9.17, 15) is 9.18 Å². The van der Waals surface area contributed by atoms with Gasteiger partial charge in [0.2, 0.25) is 5.91 Å². The van der Waals surface area contributed by atoms with Crippen LogP contribution in [0.15, 0.2) is 35.8 Å². The highest BCUT2D eigenvalue weighted by molar-refractivity contribution is 7.09. The molecular weight excluding hydrogens is 313 g/mol. The third-order valence-corrected chi connectivity index (χ3v) is 5.47. The average Bonchev–Trinajstić information content (AvgIpc) is 3.21. The number of likely N-dealkylation sites (tertiary alicyclic amines) is 2. The molecule has 0 saturated carbocycles. The number of fused-ring (bicyclic) bond motifs is 1. The molecule has 0 unspecified atom stereocenters. The Balaban J connectivity index is 1.38. The topological polar surface area (TPSA) is 36.4 Å². The molecule has 2 aromatic rings. The molecule has 2 fully saturated rings. The van der Waals surface area contributed by atoms with E-state index in [2.05, 4.69) is 9.88 Å². The molecule has 2 aliphatic rings. The van der Waals surface area contributed by atoms with Crippen molar-refractivity contribution in [3.05, 3.63) is 52.2 Å². The summed E-state index contributed by atoms with van der Waals surface area (Å²) in [5.74, 6) is 0.435. The van der Waals surface area contributed by atoms with Gasteiger partial charge in [0, 0.05) is 43.7 Å². The number of nitrogens with zero attached hydrogens (tertiary/aromatic N) is 3. The summed E-state index contributed by atoms with van der Waals surface area (Å²) in [6.07, 6.45) is 1.82. The molecule has 6 heteroatoms. The molecule has 0 N–H and O–H groups in total. The number of rotatable bonds is 4. The minimum atomic E-state index is -0.246. The zero-order chi connectivity index (χ0) is 15.8. The highest BCUT2D eigenvalue weighted by atomic mass is 32.1. The molecular formula is C17H18FN3OS. The normalized spacial score (nSPS) is 24.4. The Hall–Kier alpha value is -1.79. The maximum Gasteiger partial charge on any atom is 0.227 e. The van der Waals surface area contributed by atoms with Gasteiger partial charge in [-0.05, 0) is 17.7 Å². The van der Waals surface area contributed by atoms with Crippen LogP contribution in [0.2, 0.25) is 0 Å². The SMILES string of the molecule is O=C1[C@H]2CN(Cc3nccs3)C[C@H]2CN1Cc1cccc(F)c1. The first-order chi connectivity index (χ1) is 11.2. The van der Waals surface area contributed by atoms with Crippen molar-refractivity contribution in [1.29, 1.82) is 0 Å². The van der Waals surface area contributed by atoms with Crippen LogP contribution in [-0.2, 0) is 17.9 Å². The van der Waals surface area contributed by atoms with E-state index in [0.717, 1.165) is 36.8 Å². The molecule has 2 atom stereocenters. The van der Waals surface area contributed by atoms with Gasteiger partial charge in [0.15, 0.2) is 0 Å². The smallest absolute Gasteiger partial charge is 0.227 e. The molecule has 0 radical (unpaired) electrons. The van der Waals surface area contributed by atoms with Crippen molar-refractivity contribution in [2.75, 3.05) is 19.6 Å². The van der Waals surface area contributed by atoms with Crippen LogP contribution >= 0.6 is 11.3 Å². The van der Waals surface area contributed by atoms with E-state index >= 15 is 0 Å².